The first-order chi connectivity index (χ1) is 16.9. The lowest BCUT2D eigenvalue weighted by molar-refractivity contribution is -0.140. The first-order valence-electron chi connectivity index (χ1n) is 12.2. The van der Waals surface area contributed by atoms with Gasteiger partial charge >= 0.3 is 0 Å². The molecule has 186 valence electrons. The minimum atomic E-state index is -0.650. The van der Waals surface area contributed by atoms with Crippen LogP contribution in [0.15, 0.2) is 54.1 Å². The van der Waals surface area contributed by atoms with Gasteiger partial charge in [-0.2, -0.15) is 0 Å². The Morgan fingerprint density at radius 2 is 1.69 bits per heavy atom. The van der Waals surface area contributed by atoms with Crippen molar-refractivity contribution in [2.24, 2.45) is 0 Å². The first-order valence-corrected chi connectivity index (χ1v) is 12.2. The highest BCUT2D eigenvalue weighted by atomic mass is 16.5. The van der Waals surface area contributed by atoms with E-state index in [4.69, 9.17) is 9.47 Å². The van der Waals surface area contributed by atoms with E-state index in [1.165, 1.54) is 5.56 Å². The molecule has 2 saturated heterocycles. The Kier molecular flexibility index (Phi) is 7.88. The predicted octanol–water partition coefficient (Wildman–Crippen LogP) is 3.96. The zero-order chi connectivity index (χ0) is 24.9. The number of ether oxygens (including phenoxy) is 2. The van der Waals surface area contributed by atoms with Crippen molar-refractivity contribution in [3.05, 3.63) is 70.8 Å². The summed E-state index contributed by atoms with van der Waals surface area (Å²) >= 11 is 0. The van der Waals surface area contributed by atoms with E-state index in [1.54, 1.807) is 36.3 Å². The molecule has 0 unspecified atom stereocenters. The minimum absolute atomic E-state index is 0.129. The van der Waals surface area contributed by atoms with Crippen molar-refractivity contribution >= 4 is 17.4 Å². The number of likely N-dealkylation sites (tertiary alicyclic amines) is 1. The maximum atomic E-state index is 13.2. The van der Waals surface area contributed by atoms with Gasteiger partial charge in [-0.3, -0.25) is 14.5 Å². The van der Waals surface area contributed by atoms with Gasteiger partial charge in [-0.25, -0.2) is 0 Å². The number of Topliss-reactive ketones (excluding diaryl/α,β-unsaturated/α-hetero) is 1. The van der Waals surface area contributed by atoms with E-state index >= 15 is 0 Å². The molecule has 0 aliphatic carbocycles. The molecule has 0 saturated carbocycles. The summed E-state index contributed by atoms with van der Waals surface area (Å²) in [6, 6.07) is 14.2. The number of nitrogens with zero attached hydrogens (tertiary/aromatic N) is 2. The fraction of sp³-hybridized carbons (Fsp3) is 0.429. The van der Waals surface area contributed by atoms with Crippen LogP contribution in [0.25, 0.3) is 5.76 Å². The smallest absolute Gasteiger partial charge is 0.295 e. The van der Waals surface area contributed by atoms with Crippen molar-refractivity contribution < 1.29 is 24.2 Å². The molecule has 35 heavy (non-hydrogen) atoms. The molecule has 0 aromatic heterocycles. The molecule has 2 aliphatic heterocycles. The molecule has 7 heteroatoms. The summed E-state index contributed by atoms with van der Waals surface area (Å²) in [6.07, 6.45) is 0.732. The highest BCUT2D eigenvalue weighted by Crippen LogP contribution is 2.40. The van der Waals surface area contributed by atoms with E-state index in [9.17, 15) is 14.7 Å². The highest BCUT2D eigenvalue weighted by Gasteiger charge is 2.45. The average molecular weight is 479 g/mol. The number of amides is 1. The van der Waals surface area contributed by atoms with E-state index in [0.717, 1.165) is 31.6 Å². The largest absolute Gasteiger partial charge is 0.507 e. The Labute approximate surface area is 206 Å². The molecule has 2 aromatic carbocycles. The van der Waals surface area contributed by atoms with Crippen LogP contribution in [-0.4, -0.2) is 73.1 Å². The summed E-state index contributed by atoms with van der Waals surface area (Å²) in [5.74, 6) is -0.378. The number of rotatable bonds is 8. The Hall–Kier alpha value is -3.16. The molecule has 7 nitrogen and oxygen atoms in total. The van der Waals surface area contributed by atoms with Crippen LogP contribution in [0, 0.1) is 0 Å². The number of methoxy groups -OCH3 is 1. The number of hydrogen-bond acceptors (Lipinski definition) is 6. The van der Waals surface area contributed by atoms with Gasteiger partial charge < -0.3 is 19.5 Å². The van der Waals surface area contributed by atoms with Crippen molar-refractivity contribution in [3.8, 4) is 5.75 Å². The number of aliphatic hydroxyl groups is 1. The van der Waals surface area contributed by atoms with E-state index in [1.807, 2.05) is 24.3 Å². The van der Waals surface area contributed by atoms with Crippen molar-refractivity contribution in [1.82, 2.24) is 9.80 Å². The van der Waals surface area contributed by atoms with E-state index in [2.05, 4.69) is 18.7 Å². The molecular formula is C28H34N2O5. The van der Waals surface area contributed by atoms with Crippen LogP contribution < -0.4 is 4.74 Å². The van der Waals surface area contributed by atoms with Gasteiger partial charge in [-0.15, -0.1) is 0 Å². The molecule has 0 spiro atoms. The molecule has 2 aliphatic rings. The first kappa shape index (κ1) is 24.9. The van der Waals surface area contributed by atoms with Gasteiger partial charge in [0.1, 0.15) is 11.5 Å². The lowest BCUT2D eigenvalue weighted by Crippen LogP contribution is -2.38. The fourth-order valence-electron chi connectivity index (χ4n) is 4.71. The summed E-state index contributed by atoms with van der Waals surface area (Å²) in [4.78, 5) is 30.3. The second-order valence-corrected chi connectivity index (χ2v) is 9.35. The summed E-state index contributed by atoms with van der Waals surface area (Å²) in [5, 5.41) is 11.2. The summed E-state index contributed by atoms with van der Waals surface area (Å²) < 4.78 is 10.6. The lowest BCUT2D eigenvalue weighted by atomic mass is 9.93. The number of hydrogen-bond donors (Lipinski definition) is 1. The lowest BCUT2D eigenvalue weighted by Gasteiger charge is -2.29. The maximum absolute atomic E-state index is 13.2. The highest BCUT2D eigenvalue weighted by molar-refractivity contribution is 6.46. The summed E-state index contributed by atoms with van der Waals surface area (Å²) in [7, 11) is 1.57. The molecule has 4 rings (SSSR count). The normalized spacial score (nSPS) is 20.6. The summed E-state index contributed by atoms with van der Waals surface area (Å²) in [6.45, 7) is 8.67. The number of carbonyl (C=O) groups excluding carboxylic acids is 2. The molecule has 1 atom stereocenters. The van der Waals surface area contributed by atoms with Gasteiger partial charge in [0.05, 0.1) is 31.9 Å². The molecular weight excluding hydrogens is 444 g/mol. The van der Waals surface area contributed by atoms with Crippen LogP contribution in [0.3, 0.4) is 0 Å². The third kappa shape index (κ3) is 5.41. The Bertz CT molecular complexity index is 1070. The molecule has 0 radical (unpaired) electrons. The maximum Gasteiger partial charge on any atom is 0.295 e. The molecule has 2 aromatic rings. The van der Waals surface area contributed by atoms with Crippen LogP contribution in [0.4, 0.5) is 0 Å². The number of benzene rings is 2. The molecule has 1 N–H and O–H groups in total. The Morgan fingerprint density at radius 3 is 2.29 bits per heavy atom. The predicted molar refractivity (Wildman–Crippen MR) is 134 cm³/mol. The van der Waals surface area contributed by atoms with Crippen molar-refractivity contribution in [1.29, 1.82) is 0 Å². The van der Waals surface area contributed by atoms with Crippen LogP contribution in [0.5, 0.6) is 5.75 Å². The second kappa shape index (κ2) is 11.1. The van der Waals surface area contributed by atoms with Gasteiger partial charge in [-0.1, -0.05) is 38.1 Å². The molecule has 0 bridgehead atoms. The topological polar surface area (TPSA) is 79.3 Å². The SMILES string of the molecule is COc1ccc(/C(O)=C2\C(=O)C(=O)N(CCCN3CCOCC3)[C@@H]2c2ccc(C(C)C)cc2)cc1. The van der Waals surface area contributed by atoms with E-state index in [-0.39, 0.29) is 11.3 Å². The van der Waals surface area contributed by atoms with Crippen LogP contribution >= 0.6 is 0 Å². The van der Waals surface area contributed by atoms with Gasteiger partial charge in [0.25, 0.3) is 11.7 Å². The van der Waals surface area contributed by atoms with Crippen LogP contribution in [-0.2, 0) is 14.3 Å². The fourth-order valence-corrected chi connectivity index (χ4v) is 4.71. The Balaban J connectivity index is 1.67. The van der Waals surface area contributed by atoms with Gasteiger partial charge in [0, 0.05) is 31.7 Å². The van der Waals surface area contributed by atoms with Crippen molar-refractivity contribution in [2.75, 3.05) is 46.5 Å². The standard InChI is InChI=1S/C28H34N2O5/c1-19(2)20-5-7-21(8-6-20)25-24(26(31)22-9-11-23(34-3)12-10-22)27(32)28(33)30(25)14-4-13-29-15-17-35-18-16-29/h5-12,19,25,31H,4,13-18H2,1-3H3/b26-24+/t25-/m1/s1. The van der Waals surface area contributed by atoms with Crippen molar-refractivity contribution in [2.45, 2.75) is 32.2 Å². The average Bonchev–Trinajstić information content (AvgIpc) is 3.14. The third-order valence-corrected chi connectivity index (χ3v) is 6.80. The molecule has 2 heterocycles. The van der Waals surface area contributed by atoms with E-state index < -0.39 is 17.7 Å². The van der Waals surface area contributed by atoms with E-state index in [0.29, 0.717) is 37.0 Å². The monoisotopic (exact) mass is 478 g/mol. The second-order valence-electron chi connectivity index (χ2n) is 9.35. The van der Waals surface area contributed by atoms with Gasteiger partial charge in [0.2, 0.25) is 0 Å². The minimum Gasteiger partial charge on any atom is -0.507 e. The van der Waals surface area contributed by atoms with Gasteiger partial charge in [-0.05, 0) is 47.7 Å². The Morgan fingerprint density at radius 1 is 1.03 bits per heavy atom. The van der Waals surface area contributed by atoms with Crippen molar-refractivity contribution in [3.63, 3.8) is 0 Å². The summed E-state index contributed by atoms with van der Waals surface area (Å²) in [5.41, 5.74) is 2.59. The quantitative estimate of drug-likeness (QED) is 0.352. The number of carbonyl (C=O) groups is 2. The van der Waals surface area contributed by atoms with Gasteiger partial charge in [0.15, 0.2) is 0 Å². The molecule has 2 fully saturated rings. The molecule has 1 amide bonds. The number of morpholine rings is 1. The van der Waals surface area contributed by atoms with Crippen LogP contribution in [0.2, 0.25) is 0 Å². The number of aliphatic hydroxyl groups excluding tert-OH is 1. The third-order valence-electron chi connectivity index (χ3n) is 6.80. The zero-order valence-electron chi connectivity index (χ0n) is 20.7. The van der Waals surface area contributed by atoms with Crippen LogP contribution in [0.1, 0.15) is 48.9 Å². The zero-order valence-corrected chi connectivity index (χ0v) is 20.7. The number of ketones is 1.